The summed E-state index contributed by atoms with van der Waals surface area (Å²) in [5.74, 6) is 0.876. The van der Waals surface area contributed by atoms with E-state index < -0.39 is 6.10 Å². The Kier molecular flexibility index (Phi) is 4.83. The zero-order chi connectivity index (χ0) is 16.1. The maximum atomic E-state index is 12.1. The Bertz CT molecular complexity index is 716. The van der Waals surface area contributed by atoms with Gasteiger partial charge in [-0.15, -0.1) is 11.8 Å². The second-order valence-electron chi connectivity index (χ2n) is 4.87. The summed E-state index contributed by atoms with van der Waals surface area (Å²) in [7, 11) is 0. The first-order valence-electron chi connectivity index (χ1n) is 7.12. The molecule has 2 aromatic carbocycles. The molecule has 1 aliphatic rings. The van der Waals surface area contributed by atoms with Gasteiger partial charge in [0.2, 0.25) is 6.10 Å². The SMILES string of the molecule is CSc1ccc(C=NNC(=O)[C@H]2COc3ccccc3O2)cc1. The van der Waals surface area contributed by atoms with E-state index in [2.05, 4.69) is 10.5 Å². The number of nitrogens with zero attached hydrogens (tertiary/aromatic N) is 1. The lowest BCUT2D eigenvalue weighted by atomic mass is 10.2. The van der Waals surface area contributed by atoms with Gasteiger partial charge in [0, 0.05) is 4.90 Å². The number of hydrogen-bond acceptors (Lipinski definition) is 5. The largest absolute Gasteiger partial charge is 0.485 e. The molecule has 0 spiro atoms. The summed E-state index contributed by atoms with van der Waals surface area (Å²) >= 11 is 1.67. The summed E-state index contributed by atoms with van der Waals surface area (Å²) < 4.78 is 11.1. The lowest BCUT2D eigenvalue weighted by Crippen LogP contribution is -2.42. The Balaban J connectivity index is 1.56. The van der Waals surface area contributed by atoms with E-state index in [1.807, 2.05) is 42.7 Å². The molecule has 1 heterocycles. The van der Waals surface area contributed by atoms with Crippen LogP contribution in [0.4, 0.5) is 0 Å². The Labute approximate surface area is 138 Å². The minimum atomic E-state index is -0.707. The Morgan fingerprint density at radius 1 is 1.22 bits per heavy atom. The summed E-state index contributed by atoms with van der Waals surface area (Å²) in [6, 6.07) is 15.2. The molecule has 6 heteroatoms. The number of rotatable bonds is 4. The number of carbonyl (C=O) groups is 1. The maximum Gasteiger partial charge on any atom is 0.284 e. The molecule has 3 rings (SSSR count). The molecule has 1 aliphatic heterocycles. The fourth-order valence-corrected chi connectivity index (χ4v) is 2.49. The number of fused-ring (bicyclic) bond motifs is 1. The third-order valence-corrected chi connectivity index (χ3v) is 4.05. The topological polar surface area (TPSA) is 59.9 Å². The van der Waals surface area contributed by atoms with E-state index in [-0.39, 0.29) is 12.5 Å². The van der Waals surface area contributed by atoms with Crippen molar-refractivity contribution in [1.82, 2.24) is 5.43 Å². The molecule has 23 heavy (non-hydrogen) atoms. The van der Waals surface area contributed by atoms with Crippen LogP contribution in [0.25, 0.3) is 0 Å². The van der Waals surface area contributed by atoms with Crippen LogP contribution in [0.3, 0.4) is 0 Å². The number of carbonyl (C=O) groups excluding carboxylic acids is 1. The third-order valence-electron chi connectivity index (χ3n) is 3.31. The van der Waals surface area contributed by atoms with Gasteiger partial charge in [-0.2, -0.15) is 5.10 Å². The zero-order valence-electron chi connectivity index (χ0n) is 12.6. The van der Waals surface area contributed by atoms with Crippen molar-refractivity contribution in [2.45, 2.75) is 11.0 Å². The first-order chi connectivity index (χ1) is 11.3. The monoisotopic (exact) mass is 328 g/mol. The third kappa shape index (κ3) is 3.84. The Morgan fingerprint density at radius 3 is 2.70 bits per heavy atom. The number of ether oxygens (including phenoxy) is 2. The van der Waals surface area contributed by atoms with Gasteiger partial charge in [-0.3, -0.25) is 4.79 Å². The fraction of sp³-hybridized carbons (Fsp3) is 0.176. The average molecular weight is 328 g/mol. The lowest BCUT2D eigenvalue weighted by Gasteiger charge is -2.24. The van der Waals surface area contributed by atoms with Crippen molar-refractivity contribution in [2.24, 2.45) is 5.10 Å². The molecule has 5 nitrogen and oxygen atoms in total. The van der Waals surface area contributed by atoms with Crippen LogP contribution in [0.15, 0.2) is 58.5 Å². The molecular formula is C17H16N2O3S. The Morgan fingerprint density at radius 2 is 1.96 bits per heavy atom. The van der Waals surface area contributed by atoms with Gasteiger partial charge >= 0.3 is 0 Å². The number of thioether (sulfide) groups is 1. The van der Waals surface area contributed by atoms with Crippen molar-refractivity contribution in [2.75, 3.05) is 12.9 Å². The molecule has 0 bridgehead atoms. The van der Waals surface area contributed by atoms with E-state index in [0.29, 0.717) is 11.5 Å². The highest BCUT2D eigenvalue weighted by Crippen LogP contribution is 2.30. The van der Waals surface area contributed by atoms with Crippen molar-refractivity contribution in [3.05, 3.63) is 54.1 Å². The van der Waals surface area contributed by atoms with Gasteiger partial charge in [-0.05, 0) is 36.1 Å². The predicted octanol–water partition coefficient (Wildman–Crippen LogP) is 2.70. The molecule has 1 amide bonds. The van der Waals surface area contributed by atoms with Crippen LogP contribution in [0.2, 0.25) is 0 Å². The van der Waals surface area contributed by atoms with E-state index in [1.165, 1.54) is 4.90 Å². The minimum absolute atomic E-state index is 0.167. The molecule has 1 atom stereocenters. The molecule has 2 aromatic rings. The van der Waals surface area contributed by atoms with Crippen molar-refractivity contribution in [3.8, 4) is 11.5 Å². The minimum Gasteiger partial charge on any atom is -0.485 e. The number of nitrogens with one attached hydrogen (secondary N) is 1. The van der Waals surface area contributed by atoms with Crippen LogP contribution in [0.5, 0.6) is 11.5 Å². The summed E-state index contributed by atoms with van der Waals surface area (Å²) in [5.41, 5.74) is 3.39. The standard InChI is InChI=1S/C17H16N2O3S/c1-23-13-8-6-12(7-9-13)10-18-19-17(20)16-11-21-14-4-2-3-5-15(14)22-16/h2-10,16H,11H2,1H3,(H,19,20)/t16-/m1/s1. The van der Waals surface area contributed by atoms with Gasteiger partial charge in [-0.1, -0.05) is 24.3 Å². The number of para-hydroxylation sites is 2. The maximum absolute atomic E-state index is 12.1. The van der Waals surface area contributed by atoms with Gasteiger partial charge in [-0.25, -0.2) is 5.43 Å². The van der Waals surface area contributed by atoms with Crippen LogP contribution in [0, 0.1) is 0 Å². The normalized spacial score (nSPS) is 16.3. The molecule has 1 N–H and O–H groups in total. The van der Waals surface area contributed by atoms with Gasteiger partial charge in [0.1, 0.15) is 6.61 Å². The van der Waals surface area contributed by atoms with Crippen molar-refractivity contribution in [1.29, 1.82) is 0 Å². The quantitative estimate of drug-likeness (QED) is 0.532. The lowest BCUT2D eigenvalue weighted by molar-refractivity contribution is -0.130. The zero-order valence-corrected chi connectivity index (χ0v) is 13.4. The predicted molar refractivity (Wildman–Crippen MR) is 90.3 cm³/mol. The van der Waals surface area contributed by atoms with Crippen LogP contribution in [-0.2, 0) is 4.79 Å². The van der Waals surface area contributed by atoms with Crippen LogP contribution in [0.1, 0.15) is 5.56 Å². The van der Waals surface area contributed by atoms with E-state index in [4.69, 9.17) is 9.47 Å². The molecule has 0 fully saturated rings. The summed E-state index contributed by atoms with van der Waals surface area (Å²) in [5, 5.41) is 3.96. The second-order valence-corrected chi connectivity index (χ2v) is 5.75. The number of benzene rings is 2. The molecule has 0 saturated carbocycles. The van der Waals surface area contributed by atoms with Gasteiger partial charge in [0.15, 0.2) is 11.5 Å². The van der Waals surface area contributed by atoms with Crippen molar-refractivity contribution >= 4 is 23.9 Å². The molecule has 0 aliphatic carbocycles. The average Bonchev–Trinajstić information content (AvgIpc) is 2.61. The van der Waals surface area contributed by atoms with E-state index in [1.54, 1.807) is 30.1 Å². The molecule has 0 aromatic heterocycles. The molecule has 0 saturated heterocycles. The molecule has 0 radical (unpaired) electrons. The fourth-order valence-electron chi connectivity index (χ4n) is 2.08. The van der Waals surface area contributed by atoms with E-state index in [9.17, 15) is 4.79 Å². The van der Waals surface area contributed by atoms with Crippen LogP contribution in [-0.4, -0.2) is 31.1 Å². The summed E-state index contributed by atoms with van der Waals surface area (Å²) in [6.07, 6.45) is 2.91. The van der Waals surface area contributed by atoms with E-state index >= 15 is 0 Å². The highest BCUT2D eigenvalue weighted by Gasteiger charge is 2.26. The van der Waals surface area contributed by atoms with Gasteiger partial charge in [0.25, 0.3) is 5.91 Å². The Hall–Kier alpha value is -2.47. The number of hydrogen-bond donors (Lipinski definition) is 1. The number of amides is 1. The van der Waals surface area contributed by atoms with Gasteiger partial charge in [0.05, 0.1) is 6.21 Å². The van der Waals surface area contributed by atoms with Crippen LogP contribution < -0.4 is 14.9 Å². The van der Waals surface area contributed by atoms with Crippen molar-refractivity contribution in [3.63, 3.8) is 0 Å². The van der Waals surface area contributed by atoms with Crippen LogP contribution >= 0.6 is 11.8 Å². The summed E-state index contributed by atoms with van der Waals surface area (Å²) in [6.45, 7) is 0.167. The second kappa shape index (κ2) is 7.19. The highest BCUT2D eigenvalue weighted by atomic mass is 32.2. The van der Waals surface area contributed by atoms with Crippen molar-refractivity contribution < 1.29 is 14.3 Å². The number of hydrazone groups is 1. The smallest absolute Gasteiger partial charge is 0.284 e. The highest BCUT2D eigenvalue weighted by molar-refractivity contribution is 7.98. The molecular weight excluding hydrogens is 312 g/mol. The first kappa shape index (κ1) is 15.4. The first-order valence-corrected chi connectivity index (χ1v) is 8.34. The van der Waals surface area contributed by atoms with Gasteiger partial charge < -0.3 is 9.47 Å². The van der Waals surface area contributed by atoms with E-state index in [0.717, 1.165) is 5.56 Å². The summed E-state index contributed by atoms with van der Waals surface area (Å²) in [4.78, 5) is 13.2. The molecule has 118 valence electrons. The molecule has 0 unspecified atom stereocenters.